The third-order valence-corrected chi connectivity index (χ3v) is 7.18. The van der Waals surface area contributed by atoms with Crippen LogP contribution in [0.25, 0.3) is 5.69 Å². The summed E-state index contributed by atoms with van der Waals surface area (Å²) in [5, 5.41) is 7.67. The number of benzene rings is 2. The molecule has 1 N–H and O–H groups in total. The highest BCUT2D eigenvalue weighted by atomic mass is 32.2. The lowest BCUT2D eigenvalue weighted by Crippen LogP contribution is -2.36. The van der Waals surface area contributed by atoms with Gasteiger partial charge in [-0.1, -0.05) is 31.0 Å². The average molecular weight is 552 g/mol. The van der Waals surface area contributed by atoms with Crippen LogP contribution in [0.3, 0.4) is 0 Å². The van der Waals surface area contributed by atoms with Crippen molar-refractivity contribution in [2.75, 3.05) is 11.9 Å². The van der Waals surface area contributed by atoms with E-state index in [0.29, 0.717) is 23.7 Å². The number of thioether (sulfide) groups is 1. The van der Waals surface area contributed by atoms with Gasteiger partial charge in [-0.15, -0.1) is 11.8 Å². The first-order valence-electron chi connectivity index (χ1n) is 13.4. The molecule has 1 aromatic heterocycles. The topological polar surface area (TPSA) is 82.5 Å². The molecular formula is C31H41N3O4S. The number of hydrogen-bond donors (Lipinski definition) is 1. The van der Waals surface area contributed by atoms with Gasteiger partial charge in [0.1, 0.15) is 10.3 Å². The molecule has 0 atom stereocenters. The van der Waals surface area contributed by atoms with Gasteiger partial charge in [0.2, 0.25) is 5.88 Å². The van der Waals surface area contributed by atoms with E-state index in [2.05, 4.69) is 17.3 Å². The molecule has 0 aliphatic carbocycles. The summed E-state index contributed by atoms with van der Waals surface area (Å²) in [6, 6.07) is 13.6. The fourth-order valence-corrected chi connectivity index (χ4v) is 4.87. The van der Waals surface area contributed by atoms with Gasteiger partial charge in [-0.3, -0.25) is 9.59 Å². The summed E-state index contributed by atoms with van der Waals surface area (Å²) in [5.41, 5.74) is 4.07. The van der Waals surface area contributed by atoms with Crippen molar-refractivity contribution in [3.8, 4) is 11.6 Å². The average Bonchev–Trinajstić information content (AvgIpc) is 3.16. The van der Waals surface area contributed by atoms with Crippen LogP contribution in [-0.2, 0) is 9.53 Å². The molecule has 2 aromatic carbocycles. The number of nitrogens with zero attached hydrogens (tertiary/aromatic N) is 2. The first-order chi connectivity index (χ1) is 18.2. The zero-order chi connectivity index (χ0) is 29.0. The van der Waals surface area contributed by atoms with Gasteiger partial charge < -0.3 is 14.8 Å². The van der Waals surface area contributed by atoms with Crippen molar-refractivity contribution in [2.24, 2.45) is 0 Å². The number of aryl methyl sites for hydroxylation is 2. The number of rotatable bonds is 10. The maximum atomic E-state index is 13.3. The van der Waals surface area contributed by atoms with Gasteiger partial charge in [-0.25, -0.2) is 4.68 Å². The molecule has 0 bridgehead atoms. The molecule has 0 saturated carbocycles. The lowest BCUT2D eigenvalue weighted by molar-refractivity contribution is -0.156. The molecule has 3 rings (SSSR count). The molecule has 0 saturated heterocycles. The zero-order valence-electron chi connectivity index (χ0n) is 24.6. The molecular weight excluding hydrogens is 510 g/mol. The van der Waals surface area contributed by atoms with E-state index in [1.807, 2.05) is 97.9 Å². The number of hydrogen-bond acceptors (Lipinski definition) is 6. The van der Waals surface area contributed by atoms with Crippen LogP contribution in [0.1, 0.15) is 81.6 Å². The molecule has 39 heavy (non-hydrogen) atoms. The van der Waals surface area contributed by atoms with Gasteiger partial charge in [0.25, 0.3) is 5.91 Å². The van der Waals surface area contributed by atoms with Crippen LogP contribution in [0, 0.1) is 20.8 Å². The SMILES string of the molecule is CCCCOc1c(C)c(C(=O)Nc2ccc(C)cc2C)nn1-c1ccc(SC(C)(C)C(=O)OC(C)(C)C)cc1. The molecule has 1 amide bonds. The van der Waals surface area contributed by atoms with Crippen molar-refractivity contribution in [3.05, 3.63) is 64.8 Å². The second-order valence-corrected chi connectivity index (χ2v) is 13.0. The Balaban J connectivity index is 1.89. The van der Waals surface area contributed by atoms with Crippen LogP contribution in [0.4, 0.5) is 5.69 Å². The molecule has 1 heterocycles. The number of carbonyl (C=O) groups excluding carboxylic acids is 2. The minimum Gasteiger partial charge on any atom is -0.477 e. The number of amides is 1. The first kappa shape index (κ1) is 30.3. The second-order valence-electron chi connectivity index (χ2n) is 11.3. The number of aromatic nitrogens is 2. The molecule has 3 aromatic rings. The van der Waals surface area contributed by atoms with Gasteiger partial charge in [0.05, 0.1) is 12.3 Å². The summed E-state index contributed by atoms with van der Waals surface area (Å²) in [5.74, 6) is -0.00796. The van der Waals surface area contributed by atoms with Crippen LogP contribution >= 0.6 is 11.8 Å². The fraction of sp³-hybridized carbons (Fsp3) is 0.452. The van der Waals surface area contributed by atoms with Crippen LogP contribution in [0.5, 0.6) is 5.88 Å². The van der Waals surface area contributed by atoms with E-state index in [4.69, 9.17) is 9.47 Å². The monoisotopic (exact) mass is 551 g/mol. The Morgan fingerprint density at radius 1 is 1.00 bits per heavy atom. The summed E-state index contributed by atoms with van der Waals surface area (Å²) in [6.07, 6.45) is 1.89. The summed E-state index contributed by atoms with van der Waals surface area (Å²) in [7, 11) is 0. The van der Waals surface area contributed by atoms with Crippen LogP contribution < -0.4 is 10.1 Å². The lowest BCUT2D eigenvalue weighted by atomic mass is 10.1. The molecule has 210 valence electrons. The van der Waals surface area contributed by atoms with Gasteiger partial charge in [-0.2, -0.15) is 5.10 Å². The van der Waals surface area contributed by atoms with Crippen molar-refractivity contribution >= 4 is 29.3 Å². The Bertz CT molecular complexity index is 1320. The Kier molecular flexibility index (Phi) is 9.54. The number of ether oxygens (including phenoxy) is 2. The Morgan fingerprint density at radius 2 is 1.67 bits per heavy atom. The maximum Gasteiger partial charge on any atom is 0.322 e. The van der Waals surface area contributed by atoms with Crippen LogP contribution in [-0.4, -0.2) is 38.6 Å². The molecule has 0 fully saturated rings. The highest BCUT2D eigenvalue weighted by Crippen LogP contribution is 2.35. The van der Waals surface area contributed by atoms with Crippen LogP contribution in [0.2, 0.25) is 0 Å². The summed E-state index contributed by atoms with van der Waals surface area (Å²) in [4.78, 5) is 26.9. The normalized spacial score (nSPS) is 11.8. The fourth-order valence-electron chi connectivity index (χ4n) is 3.88. The van der Waals surface area contributed by atoms with Gasteiger partial charge in [0.15, 0.2) is 5.69 Å². The third kappa shape index (κ3) is 7.88. The largest absolute Gasteiger partial charge is 0.477 e. The number of unbranched alkanes of at least 4 members (excludes halogenated alkanes) is 1. The molecule has 7 nitrogen and oxygen atoms in total. The van der Waals surface area contributed by atoms with Gasteiger partial charge >= 0.3 is 5.97 Å². The summed E-state index contributed by atoms with van der Waals surface area (Å²) < 4.78 is 12.6. The minimum absolute atomic E-state index is 0.266. The van der Waals surface area contributed by atoms with Crippen molar-refractivity contribution in [3.63, 3.8) is 0 Å². The second kappa shape index (κ2) is 12.3. The zero-order valence-corrected chi connectivity index (χ0v) is 25.4. The van der Waals surface area contributed by atoms with Crippen molar-refractivity contribution < 1.29 is 19.1 Å². The van der Waals surface area contributed by atoms with Crippen molar-refractivity contribution in [2.45, 2.75) is 90.4 Å². The standard InChI is InChI=1S/C31H41N3O4S/c1-10-11-18-37-28-22(4)26(27(35)32-25-17-12-20(2)19-21(25)3)33-34(28)23-13-15-24(16-14-23)39-31(8,9)29(36)38-30(5,6)7/h12-17,19H,10-11,18H2,1-9H3,(H,32,35). The van der Waals surface area contributed by atoms with Crippen molar-refractivity contribution in [1.29, 1.82) is 0 Å². The number of esters is 1. The minimum atomic E-state index is -0.759. The van der Waals surface area contributed by atoms with E-state index in [1.165, 1.54) is 11.8 Å². The molecule has 0 spiro atoms. The number of nitrogens with one attached hydrogen (secondary N) is 1. The quantitative estimate of drug-likeness (QED) is 0.160. The van der Waals surface area contributed by atoms with E-state index in [9.17, 15) is 9.59 Å². The highest BCUT2D eigenvalue weighted by Gasteiger charge is 2.33. The van der Waals surface area contributed by atoms with Gasteiger partial charge in [0, 0.05) is 16.1 Å². The van der Waals surface area contributed by atoms with E-state index in [1.54, 1.807) is 4.68 Å². The Labute approximate surface area is 236 Å². The molecule has 0 radical (unpaired) electrons. The molecule has 8 heteroatoms. The number of carbonyl (C=O) groups is 2. The van der Waals surface area contributed by atoms with Gasteiger partial charge in [-0.05, 0) is 97.7 Å². The highest BCUT2D eigenvalue weighted by molar-refractivity contribution is 8.01. The summed E-state index contributed by atoms with van der Waals surface area (Å²) in [6.45, 7) is 17.8. The molecule has 0 aliphatic heterocycles. The first-order valence-corrected chi connectivity index (χ1v) is 14.2. The van der Waals surface area contributed by atoms with E-state index < -0.39 is 10.3 Å². The van der Waals surface area contributed by atoms with E-state index >= 15 is 0 Å². The maximum absolute atomic E-state index is 13.3. The van der Waals surface area contributed by atoms with E-state index in [0.717, 1.165) is 40.2 Å². The predicted octanol–water partition coefficient (Wildman–Crippen LogP) is 7.44. The third-order valence-electron chi connectivity index (χ3n) is 5.99. The predicted molar refractivity (Wildman–Crippen MR) is 158 cm³/mol. The molecule has 0 unspecified atom stereocenters. The smallest absolute Gasteiger partial charge is 0.322 e. The van der Waals surface area contributed by atoms with Crippen LogP contribution in [0.15, 0.2) is 47.4 Å². The summed E-state index contributed by atoms with van der Waals surface area (Å²) >= 11 is 1.44. The lowest BCUT2D eigenvalue weighted by Gasteiger charge is -2.28. The Hall–Kier alpha value is -3.26. The van der Waals surface area contributed by atoms with E-state index in [-0.39, 0.29) is 11.9 Å². The molecule has 0 aliphatic rings. The number of anilines is 1. The van der Waals surface area contributed by atoms with Crippen molar-refractivity contribution in [1.82, 2.24) is 9.78 Å². The Morgan fingerprint density at radius 3 is 2.26 bits per heavy atom.